The van der Waals surface area contributed by atoms with Crippen LogP contribution in [0.1, 0.15) is 26.2 Å². The summed E-state index contributed by atoms with van der Waals surface area (Å²) in [6.45, 7) is 1.64. The summed E-state index contributed by atoms with van der Waals surface area (Å²) in [6, 6.07) is 3.14. The number of ether oxygens (including phenoxy) is 2. The summed E-state index contributed by atoms with van der Waals surface area (Å²) in [5.41, 5.74) is 0. The summed E-state index contributed by atoms with van der Waals surface area (Å²) >= 11 is 0. The van der Waals surface area contributed by atoms with Crippen LogP contribution in [-0.2, 0) is 19.6 Å². The zero-order valence-corrected chi connectivity index (χ0v) is 15.8. The lowest BCUT2D eigenvalue weighted by molar-refractivity contribution is -0.142. The van der Waals surface area contributed by atoms with Gasteiger partial charge in [0.15, 0.2) is 11.5 Å². The minimum atomic E-state index is -3.85. The van der Waals surface area contributed by atoms with Gasteiger partial charge in [-0.05, 0) is 18.6 Å². The molecule has 1 amide bonds. The van der Waals surface area contributed by atoms with Crippen LogP contribution in [-0.4, -0.2) is 52.2 Å². The maximum Gasteiger partial charge on any atom is 0.326 e. The van der Waals surface area contributed by atoms with Crippen LogP contribution >= 0.6 is 0 Å². The van der Waals surface area contributed by atoms with Gasteiger partial charge in [0.05, 0.1) is 19.1 Å². The van der Waals surface area contributed by atoms with Gasteiger partial charge < -0.3 is 19.9 Å². The Bertz CT molecular complexity index is 734. The molecule has 0 radical (unpaired) electrons. The van der Waals surface area contributed by atoms with E-state index in [1.807, 2.05) is 0 Å². The fraction of sp³-hybridized carbons (Fsp3) is 0.500. The third kappa shape index (κ3) is 6.19. The Kier molecular flexibility index (Phi) is 8.33. The van der Waals surface area contributed by atoms with Crippen molar-refractivity contribution < 1.29 is 32.6 Å². The van der Waals surface area contributed by atoms with E-state index in [0.717, 1.165) is 0 Å². The first-order chi connectivity index (χ1) is 12.2. The van der Waals surface area contributed by atoms with Crippen molar-refractivity contribution in [3.05, 3.63) is 18.2 Å². The van der Waals surface area contributed by atoms with Gasteiger partial charge in [-0.15, -0.1) is 0 Å². The van der Waals surface area contributed by atoms with E-state index in [4.69, 9.17) is 14.6 Å². The smallest absolute Gasteiger partial charge is 0.326 e. The van der Waals surface area contributed by atoms with Crippen LogP contribution in [0, 0.1) is 0 Å². The van der Waals surface area contributed by atoms with E-state index in [-0.39, 0.29) is 23.6 Å². The molecule has 1 aromatic carbocycles. The number of carboxylic acids is 1. The summed E-state index contributed by atoms with van der Waals surface area (Å²) in [7, 11) is -1.02. The van der Waals surface area contributed by atoms with Gasteiger partial charge in [0.1, 0.15) is 6.04 Å². The molecule has 0 aliphatic heterocycles. The molecule has 1 rings (SSSR count). The number of methoxy groups -OCH3 is 2. The van der Waals surface area contributed by atoms with E-state index in [2.05, 4.69) is 10.0 Å². The Morgan fingerprint density at radius 3 is 2.38 bits per heavy atom. The molecule has 0 aromatic heterocycles. The maximum atomic E-state index is 12.3. The molecule has 0 saturated carbocycles. The van der Waals surface area contributed by atoms with E-state index >= 15 is 0 Å². The van der Waals surface area contributed by atoms with Crippen molar-refractivity contribution >= 4 is 21.9 Å². The summed E-state index contributed by atoms with van der Waals surface area (Å²) in [5, 5.41) is 11.4. The Morgan fingerprint density at radius 2 is 1.85 bits per heavy atom. The van der Waals surface area contributed by atoms with E-state index in [0.29, 0.717) is 18.6 Å². The second-order valence-electron chi connectivity index (χ2n) is 5.41. The minimum Gasteiger partial charge on any atom is -0.493 e. The van der Waals surface area contributed by atoms with E-state index < -0.39 is 27.9 Å². The zero-order chi connectivity index (χ0) is 19.7. The largest absolute Gasteiger partial charge is 0.493 e. The fourth-order valence-electron chi connectivity index (χ4n) is 2.18. The predicted molar refractivity (Wildman–Crippen MR) is 93.8 cm³/mol. The van der Waals surface area contributed by atoms with Gasteiger partial charge in [0.25, 0.3) is 0 Å². The number of nitrogens with one attached hydrogen (secondary N) is 2. The first-order valence-corrected chi connectivity index (χ1v) is 9.47. The number of sulfonamides is 1. The quantitative estimate of drug-likeness (QED) is 0.509. The van der Waals surface area contributed by atoms with E-state index in [9.17, 15) is 18.0 Å². The van der Waals surface area contributed by atoms with Crippen molar-refractivity contribution in [2.45, 2.75) is 37.1 Å². The number of carbonyl (C=O) groups excluding carboxylic acids is 1. The first-order valence-electron chi connectivity index (χ1n) is 7.99. The molecule has 146 valence electrons. The lowest BCUT2D eigenvalue weighted by atomic mass is 10.1. The first kappa shape index (κ1) is 21.7. The molecule has 3 N–H and O–H groups in total. The van der Waals surface area contributed by atoms with Crippen LogP contribution in [0.4, 0.5) is 0 Å². The molecule has 1 atom stereocenters. The Labute approximate surface area is 152 Å². The lowest BCUT2D eigenvalue weighted by Gasteiger charge is -2.14. The molecule has 0 bridgehead atoms. The Hall–Kier alpha value is -2.33. The lowest BCUT2D eigenvalue weighted by Crippen LogP contribution is -2.41. The second-order valence-corrected chi connectivity index (χ2v) is 7.18. The van der Waals surface area contributed by atoms with Gasteiger partial charge in [0.2, 0.25) is 15.9 Å². The van der Waals surface area contributed by atoms with Crippen molar-refractivity contribution in [1.82, 2.24) is 10.0 Å². The number of hydrogen-bond acceptors (Lipinski definition) is 6. The fourth-order valence-corrected chi connectivity index (χ4v) is 3.23. The number of carboxylic acid groups (broad SMARTS) is 1. The van der Waals surface area contributed by atoms with Crippen molar-refractivity contribution in [3.63, 3.8) is 0 Å². The molecular weight excluding hydrogens is 364 g/mol. The number of benzene rings is 1. The molecular formula is C16H24N2O7S. The summed E-state index contributed by atoms with van der Waals surface area (Å²) in [6.07, 6.45) is 0.724. The summed E-state index contributed by atoms with van der Waals surface area (Å²) < 4.78 is 37.0. The highest BCUT2D eigenvalue weighted by Crippen LogP contribution is 2.29. The number of aliphatic carboxylic acids is 1. The second kappa shape index (κ2) is 9.97. The van der Waals surface area contributed by atoms with E-state index in [1.54, 1.807) is 6.92 Å². The van der Waals surface area contributed by atoms with E-state index in [1.165, 1.54) is 32.4 Å². The van der Waals surface area contributed by atoms with Crippen molar-refractivity contribution in [2.75, 3.05) is 20.8 Å². The highest BCUT2D eigenvalue weighted by molar-refractivity contribution is 7.89. The molecule has 0 saturated heterocycles. The van der Waals surface area contributed by atoms with Crippen LogP contribution in [0.3, 0.4) is 0 Å². The molecule has 0 spiro atoms. The van der Waals surface area contributed by atoms with Crippen molar-refractivity contribution in [2.24, 2.45) is 0 Å². The third-order valence-electron chi connectivity index (χ3n) is 3.52. The average molecular weight is 388 g/mol. The van der Waals surface area contributed by atoms with Crippen LogP contribution in [0.25, 0.3) is 0 Å². The van der Waals surface area contributed by atoms with Gasteiger partial charge in [-0.1, -0.05) is 13.3 Å². The molecule has 0 heterocycles. The molecule has 1 unspecified atom stereocenters. The van der Waals surface area contributed by atoms with Crippen molar-refractivity contribution in [1.29, 1.82) is 0 Å². The molecule has 9 nitrogen and oxygen atoms in total. The van der Waals surface area contributed by atoms with Gasteiger partial charge >= 0.3 is 5.97 Å². The molecule has 0 aliphatic carbocycles. The van der Waals surface area contributed by atoms with Gasteiger partial charge in [-0.2, -0.15) is 0 Å². The molecule has 26 heavy (non-hydrogen) atoms. The number of rotatable bonds is 11. The monoisotopic (exact) mass is 388 g/mol. The third-order valence-corrected chi connectivity index (χ3v) is 4.98. The molecule has 0 aliphatic rings. The number of amides is 1. The normalized spacial score (nSPS) is 12.3. The highest BCUT2D eigenvalue weighted by Gasteiger charge is 2.20. The molecule has 0 fully saturated rings. The van der Waals surface area contributed by atoms with Gasteiger partial charge in [-0.25, -0.2) is 17.9 Å². The standard InChI is InChI=1S/C16H24N2O7S/c1-4-5-12(16(20)21)18-15(19)8-9-17-26(22,23)11-6-7-13(24-2)14(10-11)25-3/h6-7,10,12,17H,4-5,8-9H2,1-3H3,(H,18,19)(H,20,21). The van der Waals surface area contributed by atoms with Crippen molar-refractivity contribution in [3.8, 4) is 11.5 Å². The van der Waals surface area contributed by atoms with Crippen LogP contribution < -0.4 is 19.5 Å². The number of carbonyl (C=O) groups is 2. The molecule has 1 aromatic rings. The van der Waals surface area contributed by atoms with Gasteiger partial charge in [-0.3, -0.25) is 4.79 Å². The topological polar surface area (TPSA) is 131 Å². The van der Waals surface area contributed by atoms with Crippen LogP contribution in [0.5, 0.6) is 11.5 Å². The molecule has 10 heteroatoms. The van der Waals surface area contributed by atoms with Crippen LogP contribution in [0.15, 0.2) is 23.1 Å². The Morgan fingerprint density at radius 1 is 1.19 bits per heavy atom. The SMILES string of the molecule is CCCC(NC(=O)CCNS(=O)(=O)c1ccc(OC)c(OC)c1)C(=O)O. The van der Waals surface area contributed by atoms with Gasteiger partial charge in [0, 0.05) is 19.0 Å². The Balaban J connectivity index is 2.66. The summed E-state index contributed by atoms with van der Waals surface area (Å²) in [5.74, 6) is -1.01. The van der Waals surface area contributed by atoms with Crippen LogP contribution in [0.2, 0.25) is 0 Å². The summed E-state index contributed by atoms with van der Waals surface area (Å²) in [4.78, 5) is 22.8. The maximum absolute atomic E-state index is 12.3. The predicted octanol–water partition coefficient (Wildman–Crippen LogP) is 0.742. The average Bonchev–Trinajstić information content (AvgIpc) is 2.60. The highest BCUT2D eigenvalue weighted by atomic mass is 32.2. The minimum absolute atomic E-state index is 0.0371. The number of hydrogen-bond donors (Lipinski definition) is 3. The zero-order valence-electron chi connectivity index (χ0n) is 14.9.